The molecule has 0 fully saturated rings. The van der Waals surface area contributed by atoms with Crippen molar-refractivity contribution in [2.45, 2.75) is 19.6 Å². The molecule has 2 rings (SSSR count). The van der Waals surface area contributed by atoms with Crippen molar-refractivity contribution in [3.05, 3.63) is 53.9 Å². The fourth-order valence-corrected chi connectivity index (χ4v) is 2.32. The Morgan fingerprint density at radius 1 is 1.19 bits per heavy atom. The van der Waals surface area contributed by atoms with Crippen LogP contribution in [0.2, 0.25) is 0 Å². The number of para-hydroxylation sites is 1. The van der Waals surface area contributed by atoms with Crippen LogP contribution in [0, 0.1) is 0 Å². The SMILES string of the molecule is CCNC(=NCc1ccn(C)c1)NCCOc1ccccc1C(F)(F)F.I. The summed E-state index contributed by atoms with van der Waals surface area (Å²) in [6.45, 7) is 3.54. The number of hydrogen-bond acceptors (Lipinski definition) is 2. The van der Waals surface area contributed by atoms with E-state index in [0.29, 0.717) is 25.6 Å². The zero-order chi connectivity index (χ0) is 19.0. The molecule has 9 heteroatoms. The highest BCUT2D eigenvalue weighted by Gasteiger charge is 2.33. The van der Waals surface area contributed by atoms with Crippen LogP contribution in [0.5, 0.6) is 5.75 Å². The molecule has 1 aromatic carbocycles. The summed E-state index contributed by atoms with van der Waals surface area (Å²) in [5.41, 5.74) is 0.296. The molecule has 0 aliphatic carbocycles. The van der Waals surface area contributed by atoms with Gasteiger partial charge in [0, 0.05) is 26.0 Å². The van der Waals surface area contributed by atoms with E-state index in [1.54, 1.807) is 0 Å². The highest BCUT2D eigenvalue weighted by atomic mass is 127. The van der Waals surface area contributed by atoms with E-state index in [2.05, 4.69) is 15.6 Å². The van der Waals surface area contributed by atoms with Crippen LogP contribution in [0.3, 0.4) is 0 Å². The lowest BCUT2D eigenvalue weighted by Gasteiger charge is -2.15. The smallest absolute Gasteiger partial charge is 0.419 e. The van der Waals surface area contributed by atoms with Crippen molar-refractivity contribution >= 4 is 29.9 Å². The van der Waals surface area contributed by atoms with Crippen molar-refractivity contribution in [2.75, 3.05) is 19.7 Å². The Hall–Kier alpha value is -1.91. The third-order valence-electron chi connectivity index (χ3n) is 3.50. The molecule has 0 aliphatic heterocycles. The topological polar surface area (TPSA) is 50.6 Å². The van der Waals surface area contributed by atoms with Crippen molar-refractivity contribution in [3.63, 3.8) is 0 Å². The first-order chi connectivity index (χ1) is 12.4. The van der Waals surface area contributed by atoms with Gasteiger partial charge in [0.25, 0.3) is 0 Å². The largest absolute Gasteiger partial charge is 0.491 e. The maximum absolute atomic E-state index is 12.9. The summed E-state index contributed by atoms with van der Waals surface area (Å²) in [7, 11) is 1.94. The molecule has 2 aromatic rings. The Bertz CT molecular complexity index is 731. The molecule has 0 amide bonds. The van der Waals surface area contributed by atoms with Gasteiger partial charge in [0.05, 0.1) is 18.7 Å². The van der Waals surface area contributed by atoms with E-state index in [4.69, 9.17) is 4.74 Å². The lowest BCUT2D eigenvalue weighted by molar-refractivity contribution is -0.138. The van der Waals surface area contributed by atoms with E-state index < -0.39 is 11.7 Å². The van der Waals surface area contributed by atoms with E-state index >= 15 is 0 Å². The number of aryl methyl sites for hydroxylation is 1. The quantitative estimate of drug-likeness (QED) is 0.266. The zero-order valence-electron chi connectivity index (χ0n) is 15.2. The Morgan fingerprint density at radius 3 is 2.56 bits per heavy atom. The van der Waals surface area contributed by atoms with Crippen LogP contribution in [0.4, 0.5) is 13.2 Å². The van der Waals surface area contributed by atoms with Crippen LogP contribution >= 0.6 is 24.0 Å². The van der Waals surface area contributed by atoms with Crippen molar-refractivity contribution in [1.82, 2.24) is 15.2 Å². The molecule has 0 bridgehead atoms. The molecule has 27 heavy (non-hydrogen) atoms. The highest BCUT2D eigenvalue weighted by molar-refractivity contribution is 14.0. The molecule has 0 saturated heterocycles. The van der Waals surface area contributed by atoms with Gasteiger partial charge in [0.1, 0.15) is 12.4 Å². The summed E-state index contributed by atoms with van der Waals surface area (Å²) in [5, 5.41) is 6.14. The Kier molecular flexibility index (Phi) is 9.47. The summed E-state index contributed by atoms with van der Waals surface area (Å²) in [6, 6.07) is 7.16. The van der Waals surface area contributed by atoms with Crippen molar-refractivity contribution in [3.8, 4) is 5.75 Å². The van der Waals surface area contributed by atoms with E-state index in [-0.39, 0.29) is 36.3 Å². The van der Waals surface area contributed by atoms with Crippen molar-refractivity contribution in [2.24, 2.45) is 12.0 Å². The van der Waals surface area contributed by atoms with E-state index in [1.165, 1.54) is 18.2 Å². The van der Waals surface area contributed by atoms with Crippen LogP contribution in [-0.2, 0) is 19.8 Å². The number of nitrogens with zero attached hydrogens (tertiary/aromatic N) is 2. The van der Waals surface area contributed by atoms with Gasteiger partial charge in [-0.15, -0.1) is 24.0 Å². The maximum Gasteiger partial charge on any atom is 0.419 e. The van der Waals surface area contributed by atoms with Gasteiger partial charge < -0.3 is 19.9 Å². The number of guanidine groups is 1. The number of hydrogen-bond donors (Lipinski definition) is 2. The number of halogens is 4. The van der Waals surface area contributed by atoms with Crippen LogP contribution in [-0.4, -0.2) is 30.2 Å². The number of alkyl halides is 3. The molecule has 1 aromatic heterocycles. The van der Waals surface area contributed by atoms with Gasteiger partial charge in [0.2, 0.25) is 0 Å². The Labute approximate surface area is 174 Å². The molecular weight excluding hydrogens is 472 g/mol. The molecule has 0 unspecified atom stereocenters. The number of nitrogens with one attached hydrogen (secondary N) is 2. The lowest BCUT2D eigenvalue weighted by Crippen LogP contribution is -2.39. The van der Waals surface area contributed by atoms with E-state index in [0.717, 1.165) is 11.6 Å². The van der Waals surface area contributed by atoms with Crippen LogP contribution in [0.25, 0.3) is 0 Å². The molecule has 5 nitrogen and oxygen atoms in total. The molecule has 0 aliphatic rings. The van der Waals surface area contributed by atoms with Gasteiger partial charge in [-0.3, -0.25) is 0 Å². The normalized spacial score (nSPS) is 11.7. The fraction of sp³-hybridized carbons (Fsp3) is 0.389. The van der Waals surface area contributed by atoms with Crippen LogP contribution in [0.15, 0.2) is 47.7 Å². The molecule has 150 valence electrons. The maximum atomic E-state index is 12.9. The standard InChI is InChI=1S/C18H23F3N4O.HI/c1-3-22-17(24-12-14-8-10-25(2)13-14)23-9-11-26-16-7-5-4-6-15(16)18(19,20)21;/h4-8,10,13H,3,9,11-12H2,1-2H3,(H2,22,23,24);1H. The number of ether oxygens (including phenoxy) is 1. The minimum absolute atomic E-state index is 0. The Morgan fingerprint density at radius 2 is 1.93 bits per heavy atom. The van der Waals surface area contributed by atoms with Gasteiger partial charge >= 0.3 is 6.18 Å². The molecular formula is C18H24F3IN4O. The molecule has 2 N–H and O–H groups in total. The second-order valence-electron chi connectivity index (χ2n) is 5.65. The van der Waals surface area contributed by atoms with Crippen LogP contribution in [0.1, 0.15) is 18.1 Å². The summed E-state index contributed by atoms with van der Waals surface area (Å²) in [4.78, 5) is 4.44. The summed E-state index contributed by atoms with van der Waals surface area (Å²) >= 11 is 0. The minimum Gasteiger partial charge on any atom is -0.491 e. The summed E-state index contributed by atoms with van der Waals surface area (Å²) in [5.74, 6) is 0.414. The molecule has 0 atom stereocenters. The number of aromatic nitrogens is 1. The minimum atomic E-state index is -4.43. The molecule has 0 radical (unpaired) electrons. The molecule has 0 saturated carbocycles. The second kappa shape index (κ2) is 11.1. The predicted molar refractivity (Wildman–Crippen MR) is 111 cm³/mol. The van der Waals surface area contributed by atoms with Crippen molar-refractivity contribution < 1.29 is 17.9 Å². The van der Waals surface area contributed by atoms with Gasteiger partial charge in [-0.2, -0.15) is 13.2 Å². The highest BCUT2D eigenvalue weighted by Crippen LogP contribution is 2.35. The average molecular weight is 496 g/mol. The third-order valence-corrected chi connectivity index (χ3v) is 3.50. The summed E-state index contributed by atoms with van der Waals surface area (Å²) in [6.07, 6.45) is -0.516. The number of benzene rings is 1. The predicted octanol–water partition coefficient (Wildman–Crippen LogP) is 3.80. The van der Waals surface area contributed by atoms with Gasteiger partial charge in [0.15, 0.2) is 5.96 Å². The van der Waals surface area contributed by atoms with Gasteiger partial charge in [-0.05, 0) is 30.7 Å². The second-order valence-corrected chi connectivity index (χ2v) is 5.65. The average Bonchev–Trinajstić information content (AvgIpc) is 3.01. The first-order valence-corrected chi connectivity index (χ1v) is 8.32. The van der Waals surface area contributed by atoms with Gasteiger partial charge in [-0.1, -0.05) is 12.1 Å². The van der Waals surface area contributed by atoms with E-state index in [1.807, 2.05) is 37.0 Å². The number of aliphatic imine (C=N–C) groups is 1. The third kappa shape index (κ3) is 7.69. The lowest BCUT2D eigenvalue weighted by atomic mass is 10.2. The fourth-order valence-electron chi connectivity index (χ4n) is 2.32. The Balaban J connectivity index is 0.00000364. The molecule has 1 heterocycles. The zero-order valence-corrected chi connectivity index (χ0v) is 17.5. The monoisotopic (exact) mass is 496 g/mol. The molecule has 0 spiro atoms. The van der Waals surface area contributed by atoms with Crippen LogP contribution < -0.4 is 15.4 Å². The van der Waals surface area contributed by atoms with Gasteiger partial charge in [-0.25, -0.2) is 4.99 Å². The first-order valence-electron chi connectivity index (χ1n) is 8.32. The number of rotatable bonds is 7. The summed E-state index contributed by atoms with van der Waals surface area (Å²) < 4.78 is 46.0. The van der Waals surface area contributed by atoms with Crippen molar-refractivity contribution in [1.29, 1.82) is 0 Å². The van der Waals surface area contributed by atoms with E-state index in [9.17, 15) is 13.2 Å². The first kappa shape index (κ1) is 23.1.